The molecular weight excluding hydrogens is 394 g/mol. The molecule has 0 unspecified atom stereocenters. The molecule has 2 saturated carbocycles. The molecule has 5 rings (SSSR count). The Hall–Kier alpha value is -2.90. The molecular formula is C23H29N5O3. The molecule has 3 N–H and O–H groups in total. The number of nitrogens with two attached hydrogens (primary N) is 1. The van der Waals surface area contributed by atoms with Gasteiger partial charge in [-0.05, 0) is 43.6 Å². The highest BCUT2D eigenvalue weighted by atomic mass is 16.2. The van der Waals surface area contributed by atoms with Crippen LogP contribution in [0.4, 0.5) is 0 Å². The van der Waals surface area contributed by atoms with Gasteiger partial charge in [-0.15, -0.1) is 0 Å². The summed E-state index contributed by atoms with van der Waals surface area (Å²) in [7, 11) is 0. The first-order valence-corrected chi connectivity index (χ1v) is 11.3. The second-order valence-corrected chi connectivity index (χ2v) is 9.48. The smallest absolute Gasteiger partial charge is 0.269 e. The predicted octanol–water partition coefficient (Wildman–Crippen LogP) is 1.82. The minimum Gasteiger partial charge on any atom is -0.364 e. The Morgan fingerprint density at radius 3 is 2.74 bits per heavy atom. The van der Waals surface area contributed by atoms with Crippen LogP contribution in [0.2, 0.25) is 0 Å². The van der Waals surface area contributed by atoms with Crippen LogP contribution in [0.15, 0.2) is 24.3 Å². The average Bonchev–Trinajstić information content (AvgIpc) is 3.24. The number of nitrogens with one attached hydrogen (secondary N) is 1. The predicted molar refractivity (Wildman–Crippen MR) is 115 cm³/mol. The molecule has 8 heteroatoms. The summed E-state index contributed by atoms with van der Waals surface area (Å²) in [5, 5.41) is 8.15. The van der Waals surface area contributed by atoms with Crippen molar-refractivity contribution in [2.24, 2.45) is 17.6 Å². The SMILES string of the molecule is C[C@H]1CCC[C@@H](NC(=O)[C@@H]2C[C@H]3C[C@H]3N2C(=O)Cn2nc(C(N)=O)c3ccccc32)C1. The zero-order valence-corrected chi connectivity index (χ0v) is 17.8. The third-order valence-corrected chi connectivity index (χ3v) is 7.15. The lowest BCUT2D eigenvalue weighted by Gasteiger charge is -2.31. The summed E-state index contributed by atoms with van der Waals surface area (Å²) in [6, 6.07) is 7.18. The summed E-state index contributed by atoms with van der Waals surface area (Å²) in [6.07, 6.45) is 6.07. The number of primary amides is 1. The van der Waals surface area contributed by atoms with Crippen LogP contribution in [0, 0.1) is 11.8 Å². The highest BCUT2D eigenvalue weighted by molar-refractivity contribution is 6.04. The maximum Gasteiger partial charge on any atom is 0.269 e. The molecule has 2 heterocycles. The number of hydrogen-bond acceptors (Lipinski definition) is 4. The van der Waals surface area contributed by atoms with E-state index in [1.54, 1.807) is 11.0 Å². The van der Waals surface area contributed by atoms with Crippen LogP contribution >= 0.6 is 0 Å². The normalized spacial score (nSPS) is 29.6. The fourth-order valence-electron chi connectivity index (χ4n) is 5.55. The Morgan fingerprint density at radius 1 is 1.16 bits per heavy atom. The number of piperidine rings is 1. The van der Waals surface area contributed by atoms with E-state index in [-0.39, 0.29) is 36.1 Å². The molecule has 5 atom stereocenters. The van der Waals surface area contributed by atoms with E-state index in [0.717, 1.165) is 32.1 Å². The van der Waals surface area contributed by atoms with Gasteiger partial charge in [0.05, 0.1) is 5.52 Å². The quantitative estimate of drug-likeness (QED) is 0.764. The molecule has 1 saturated heterocycles. The van der Waals surface area contributed by atoms with Gasteiger partial charge < -0.3 is 16.0 Å². The van der Waals surface area contributed by atoms with Crippen molar-refractivity contribution in [3.8, 4) is 0 Å². The first kappa shape index (κ1) is 20.0. The number of para-hydroxylation sites is 1. The van der Waals surface area contributed by atoms with Gasteiger partial charge in [0.25, 0.3) is 5.91 Å². The number of hydrogen-bond donors (Lipinski definition) is 2. The number of amides is 3. The van der Waals surface area contributed by atoms with Gasteiger partial charge in [-0.3, -0.25) is 19.1 Å². The molecule has 3 amide bonds. The molecule has 8 nitrogen and oxygen atoms in total. The molecule has 0 radical (unpaired) electrons. The maximum atomic E-state index is 13.3. The van der Waals surface area contributed by atoms with Crippen LogP contribution in [0.25, 0.3) is 10.9 Å². The van der Waals surface area contributed by atoms with E-state index in [4.69, 9.17) is 5.73 Å². The lowest BCUT2D eigenvalue weighted by molar-refractivity contribution is -0.140. The van der Waals surface area contributed by atoms with Gasteiger partial charge in [0.1, 0.15) is 12.6 Å². The van der Waals surface area contributed by atoms with Crippen molar-refractivity contribution in [1.82, 2.24) is 20.0 Å². The Morgan fingerprint density at radius 2 is 1.97 bits per heavy atom. The topological polar surface area (TPSA) is 110 Å². The summed E-state index contributed by atoms with van der Waals surface area (Å²) in [5.41, 5.74) is 6.32. The third kappa shape index (κ3) is 3.68. The zero-order chi connectivity index (χ0) is 21.7. The molecule has 164 valence electrons. The summed E-state index contributed by atoms with van der Waals surface area (Å²) in [6.45, 7) is 2.22. The lowest BCUT2D eigenvalue weighted by Crippen LogP contribution is -2.51. The first-order chi connectivity index (χ1) is 14.9. The average molecular weight is 424 g/mol. The molecule has 1 aromatic carbocycles. The summed E-state index contributed by atoms with van der Waals surface area (Å²) in [5.74, 6) is 0.265. The zero-order valence-electron chi connectivity index (χ0n) is 17.8. The van der Waals surface area contributed by atoms with Crippen LogP contribution in [-0.2, 0) is 16.1 Å². The Balaban J connectivity index is 1.33. The van der Waals surface area contributed by atoms with Crippen LogP contribution in [-0.4, -0.2) is 50.5 Å². The van der Waals surface area contributed by atoms with E-state index in [1.165, 1.54) is 11.1 Å². The van der Waals surface area contributed by atoms with Crippen LogP contribution < -0.4 is 11.1 Å². The Bertz CT molecular complexity index is 1050. The van der Waals surface area contributed by atoms with E-state index >= 15 is 0 Å². The largest absolute Gasteiger partial charge is 0.364 e. The van der Waals surface area contributed by atoms with Crippen molar-refractivity contribution in [3.05, 3.63) is 30.0 Å². The molecule has 3 fully saturated rings. The Kier molecular flexibility index (Phi) is 4.95. The number of likely N-dealkylation sites (tertiary alicyclic amines) is 1. The van der Waals surface area contributed by atoms with Gasteiger partial charge in [-0.1, -0.05) is 38.0 Å². The number of rotatable bonds is 5. The number of nitrogens with zero attached hydrogens (tertiary/aromatic N) is 3. The van der Waals surface area contributed by atoms with Crippen molar-refractivity contribution in [2.75, 3.05) is 0 Å². The summed E-state index contributed by atoms with van der Waals surface area (Å²) >= 11 is 0. The lowest BCUT2D eigenvalue weighted by atomic mass is 9.87. The van der Waals surface area contributed by atoms with Crippen molar-refractivity contribution in [2.45, 2.75) is 70.1 Å². The highest BCUT2D eigenvalue weighted by Gasteiger charge is 2.56. The number of aromatic nitrogens is 2. The fraction of sp³-hybridized carbons (Fsp3) is 0.565. The number of carbonyl (C=O) groups is 3. The maximum absolute atomic E-state index is 13.3. The van der Waals surface area contributed by atoms with Crippen LogP contribution in [0.1, 0.15) is 55.9 Å². The Labute approximate surface area is 181 Å². The minimum atomic E-state index is -0.621. The van der Waals surface area contributed by atoms with Crippen molar-refractivity contribution >= 4 is 28.6 Å². The first-order valence-electron chi connectivity index (χ1n) is 11.3. The highest BCUT2D eigenvalue weighted by Crippen LogP contribution is 2.48. The summed E-state index contributed by atoms with van der Waals surface area (Å²) < 4.78 is 1.53. The molecule has 0 spiro atoms. The fourth-order valence-corrected chi connectivity index (χ4v) is 5.55. The molecule has 31 heavy (non-hydrogen) atoms. The molecule has 2 aromatic rings. The van der Waals surface area contributed by atoms with Gasteiger partial charge in [-0.25, -0.2) is 0 Å². The van der Waals surface area contributed by atoms with Crippen LogP contribution in [0.3, 0.4) is 0 Å². The van der Waals surface area contributed by atoms with E-state index in [0.29, 0.717) is 22.7 Å². The molecule has 3 aliphatic rings. The second kappa shape index (κ2) is 7.66. The third-order valence-electron chi connectivity index (χ3n) is 7.15. The van der Waals surface area contributed by atoms with E-state index in [1.807, 2.05) is 18.2 Å². The van der Waals surface area contributed by atoms with Gasteiger partial charge in [0, 0.05) is 17.5 Å². The van der Waals surface area contributed by atoms with Crippen LogP contribution in [0.5, 0.6) is 0 Å². The number of carbonyl (C=O) groups excluding carboxylic acids is 3. The summed E-state index contributed by atoms with van der Waals surface area (Å²) in [4.78, 5) is 39.9. The standard InChI is InChI=1S/C23H29N5O3/c1-13-5-4-6-15(9-13)25-23(31)19-11-14-10-18(14)28(19)20(29)12-27-17-8-3-2-7-16(17)21(26-27)22(24)30/h2-3,7-8,13-15,18-19H,4-6,9-12H2,1H3,(H2,24,30)(H,25,31)/t13-,14+,15+,18+,19-/m0/s1. The minimum absolute atomic E-state index is 0.0126. The number of fused-ring (bicyclic) bond motifs is 2. The van der Waals surface area contributed by atoms with E-state index in [2.05, 4.69) is 17.3 Å². The van der Waals surface area contributed by atoms with Gasteiger partial charge in [-0.2, -0.15) is 5.10 Å². The van der Waals surface area contributed by atoms with Gasteiger partial charge in [0.2, 0.25) is 11.8 Å². The van der Waals surface area contributed by atoms with E-state index in [9.17, 15) is 14.4 Å². The molecule has 0 bridgehead atoms. The van der Waals surface area contributed by atoms with Crippen molar-refractivity contribution in [1.29, 1.82) is 0 Å². The van der Waals surface area contributed by atoms with Crippen molar-refractivity contribution in [3.63, 3.8) is 0 Å². The monoisotopic (exact) mass is 423 g/mol. The van der Waals surface area contributed by atoms with Gasteiger partial charge >= 0.3 is 0 Å². The van der Waals surface area contributed by atoms with Crippen molar-refractivity contribution < 1.29 is 14.4 Å². The molecule has 1 aliphatic heterocycles. The molecule has 2 aliphatic carbocycles. The second-order valence-electron chi connectivity index (χ2n) is 9.48. The number of benzene rings is 1. The van der Waals surface area contributed by atoms with Gasteiger partial charge in [0.15, 0.2) is 5.69 Å². The van der Waals surface area contributed by atoms with E-state index < -0.39 is 11.9 Å². The molecule has 1 aromatic heterocycles.